The first-order chi connectivity index (χ1) is 6.04. The van der Waals surface area contributed by atoms with Crippen LogP contribution in [0.1, 0.15) is 20.8 Å². The highest BCUT2D eigenvalue weighted by Gasteiger charge is 2.27. The van der Waals surface area contributed by atoms with E-state index in [-0.39, 0.29) is 5.92 Å². The lowest BCUT2D eigenvalue weighted by molar-refractivity contribution is -0.150. The van der Waals surface area contributed by atoms with Gasteiger partial charge in [-0.2, -0.15) is 0 Å². The molecular weight excluding hydrogens is 168 g/mol. The average molecular weight is 186 g/mol. The van der Waals surface area contributed by atoms with E-state index in [1.165, 1.54) is 6.08 Å². The molecule has 0 spiro atoms. The number of carbonyl (C=O) groups is 1. The van der Waals surface area contributed by atoms with Gasteiger partial charge in [-0.3, -0.25) is 4.79 Å². The van der Waals surface area contributed by atoms with Crippen LogP contribution in [0.2, 0.25) is 0 Å². The van der Waals surface area contributed by atoms with Gasteiger partial charge in [-0.15, -0.1) is 6.58 Å². The highest BCUT2D eigenvalue weighted by atomic mass is 16.5. The molecule has 0 rings (SSSR count). The molecule has 0 aromatic rings. The van der Waals surface area contributed by atoms with Gasteiger partial charge in [-0.25, -0.2) is 0 Å². The zero-order valence-electron chi connectivity index (χ0n) is 8.49. The minimum atomic E-state index is -0.712. The van der Waals surface area contributed by atoms with Gasteiger partial charge in [0, 0.05) is 0 Å². The fourth-order valence-corrected chi connectivity index (χ4v) is 1.03. The van der Waals surface area contributed by atoms with Crippen LogP contribution in [0, 0.1) is 11.8 Å². The van der Waals surface area contributed by atoms with Crippen molar-refractivity contribution in [2.75, 3.05) is 6.61 Å². The monoisotopic (exact) mass is 186 g/mol. The Bertz CT molecular complexity index is 175. The van der Waals surface area contributed by atoms with Crippen LogP contribution in [-0.4, -0.2) is 23.8 Å². The highest BCUT2D eigenvalue weighted by Crippen LogP contribution is 2.15. The third-order valence-electron chi connectivity index (χ3n) is 1.86. The van der Waals surface area contributed by atoms with Gasteiger partial charge in [0.1, 0.15) is 5.92 Å². The van der Waals surface area contributed by atoms with Gasteiger partial charge in [0.05, 0.1) is 12.7 Å². The van der Waals surface area contributed by atoms with Crippen LogP contribution in [-0.2, 0) is 9.53 Å². The van der Waals surface area contributed by atoms with Crippen molar-refractivity contribution < 1.29 is 14.6 Å². The average Bonchev–Trinajstić information content (AvgIpc) is 2.05. The second-order valence-electron chi connectivity index (χ2n) is 3.25. The van der Waals surface area contributed by atoms with E-state index in [0.717, 1.165) is 0 Å². The zero-order chi connectivity index (χ0) is 10.4. The Kier molecular flexibility index (Phi) is 5.39. The molecule has 0 aromatic heterocycles. The summed E-state index contributed by atoms with van der Waals surface area (Å²) in [6, 6.07) is 0. The molecule has 76 valence electrons. The summed E-state index contributed by atoms with van der Waals surface area (Å²) in [7, 11) is 0. The predicted octanol–water partition coefficient (Wildman–Crippen LogP) is 1.37. The van der Waals surface area contributed by atoms with Crippen molar-refractivity contribution >= 4 is 5.97 Å². The van der Waals surface area contributed by atoms with Gasteiger partial charge >= 0.3 is 5.97 Å². The van der Waals surface area contributed by atoms with E-state index in [0.29, 0.717) is 6.61 Å². The largest absolute Gasteiger partial charge is 0.465 e. The van der Waals surface area contributed by atoms with Crippen LogP contribution in [0.5, 0.6) is 0 Å². The number of aliphatic hydroxyl groups excluding tert-OH is 1. The second kappa shape index (κ2) is 5.75. The summed E-state index contributed by atoms with van der Waals surface area (Å²) < 4.78 is 4.80. The van der Waals surface area contributed by atoms with Crippen LogP contribution in [0.15, 0.2) is 12.7 Å². The summed E-state index contributed by atoms with van der Waals surface area (Å²) >= 11 is 0. The Balaban J connectivity index is 4.32. The zero-order valence-corrected chi connectivity index (χ0v) is 8.49. The first-order valence-electron chi connectivity index (χ1n) is 4.51. The van der Waals surface area contributed by atoms with Crippen LogP contribution < -0.4 is 0 Å². The summed E-state index contributed by atoms with van der Waals surface area (Å²) in [6.07, 6.45) is 0.722. The van der Waals surface area contributed by atoms with E-state index in [9.17, 15) is 9.90 Å². The first-order valence-corrected chi connectivity index (χ1v) is 4.51. The lowest BCUT2D eigenvalue weighted by atomic mass is 9.93. The fourth-order valence-electron chi connectivity index (χ4n) is 1.03. The first kappa shape index (κ1) is 12.2. The van der Waals surface area contributed by atoms with Crippen LogP contribution in [0.4, 0.5) is 0 Å². The summed E-state index contributed by atoms with van der Waals surface area (Å²) in [6.45, 7) is 9.27. The van der Waals surface area contributed by atoms with Gasteiger partial charge in [0.2, 0.25) is 0 Å². The van der Waals surface area contributed by atoms with E-state index < -0.39 is 18.0 Å². The highest BCUT2D eigenvalue weighted by molar-refractivity contribution is 5.75. The summed E-state index contributed by atoms with van der Waals surface area (Å²) in [5, 5.41) is 9.61. The molecule has 0 aliphatic carbocycles. The lowest BCUT2D eigenvalue weighted by Gasteiger charge is -2.20. The maximum absolute atomic E-state index is 11.3. The summed E-state index contributed by atoms with van der Waals surface area (Å²) in [5.74, 6) is -0.994. The summed E-state index contributed by atoms with van der Waals surface area (Å²) in [5.41, 5.74) is 0. The van der Waals surface area contributed by atoms with Crippen LogP contribution in [0.3, 0.4) is 0 Å². The quantitative estimate of drug-likeness (QED) is 0.521. The Hall–Kier alpha value is -0.830. The molecule has 0 aromatic carbocycles. The maximum Gasteiger partial charge on any atom is 0.315 e. The standard InChI is InChI=1S/C10H18O3/c1-5-8(9(11)7(3)4)10(12)13-6-2/h5,7-9,11H,1,6H2,2-4H3/t8-,9-/m1/s1. The molecule has 0 saturated carbocycles. The van der Waals surface area contributed by atoms with Crippen molar-refractivity contribution in [3.63, 3.8) is 0 Å². The van der Waals surface area contributed by atoms with Gasteiger partial charge < -0.3 is 9.84 Å². The number of rotatable bonds is 5. The molecule has 0 aliphatic rings. The molecule has 0 fully saturated rings. The third kappa shape index (κ3) is 3.59. The van der Waals surface area contributed by atoms with Crippen molar-refractivity contribution in [2.45, 2.75) is 26.9 Å². The molecule has 0 bridgehead atoms. The molecule has 3 nitrogen and oxygen atoms in total. The Labute approximate surface area is 79.4 Å². The van der Waals surface area contributed by atoms with Crippen LogP contribution >= 0.6 is 0 Å². The fraction of sp³-hybridized carbons (Fsp3) is 0.700. The minimum absolute atomic E-state index is 0.0207. The maximum atomic E-state index is 11.3. The Morgan fingerprint density at radius 3 is 2.46 bits per heavy atom. The summed E-state index contributed by atoms with van der Waals surface area (Å²) in [4.78, 5) is 11.3. The number of hydrogen-bond acceptors (Lipinski definition) is 3. The molecule has 0 unspecified atom stereocenters. The van der Waals surface area contributed by atoms with Crippen LogP contribution in [0.25, 0.3) is 0 Å². The van der Waals surface area contributed by atoms with E-state index in [1.807, 2.05) is 13.8 Å². The molecule has 1 N–H and O–H groups in total. The third-order valence-corrected chi connectivity index (χ3v) is 1.86. The topological polar surface area (TPSA) is 46.5 Å². The van der Waals surface area contributed by atoms with Gasteiger partial charge in [-0.05, 0) is 12.8 Å². The van der Waals surface area contributed by atoms with Crippen molar-refractivity contribution in [3.05, 3.63) is 12.7 Å². The normalized spacial score (nSPS) is 15.2. The van der Waals surface area contributed by atoms with Gasteiger partial charge in [0.25, 0.3) is 0 Å². The Morgan fingerprint density at radius 1 is 1.62 bits per heavy atom. The number of aliphatic hydroxyl groups is 1. The molecular formula is C10H18O3. The molecule has 0 saturated heterocycles. The van der Waals surface area contributed by atoms with Crippen molar-refractivity contribution in [3.8, 4) is 0 Å². The van der Waals surface area contributed by atoms with Crippen molar-refractivity contribution in [1.82, 2.24) is 0 Å². The SMILES string of the molecule is C=C[C@@H](C(=O)OCC)[C@H](O)C(C)C. The smallest absolute Gasteiger partial charge is 0.315 e. The van der Waals surface area contributed by atoms with E-state index >= 15 is 0 Å². The van der Waals surface area contributed by atoms with Crippen molar-refractivity contribution in [2.24, 2.45) is 11.8 Å². The van der Waals surface area contributed by atoms with Gasteiger partial charge in [0.15, 0.2) is 0 Å². The number of carbonyl (C=O) groups excluding carboxylic acids is 1. The number of ether oxygens (including phenoxy) is 1. The van der Waals surface area contributed by atoms with E-state index in [1.54, 1.807) is 6.92 Å². The minimum Gasteiger partial charge on any atom is -0.465 e. The molecule has 2 atom stereocenters. The molecule has 3 heteroatoms. The molecule has 13 heavy (non-hydrogen) atoms. The molecule has 0 radical (unpaired) electrons. The van der Waals surface area contributed by atoms with E-state index in [4.69, 9.17) is 4.74 Å². The molecule has 0 aliphatic heterocycles. The molecule has 0 heterocycles. The van der Waals surface area contributed by atoms with Gasteiger partial charge in [-0.1, -0.05) is 19.9 Å². The van der Waals surface area contributed by atoms with Crippen molar-refractivity contribution in [1.29, 1.82) is 0 Å². The Morgan fingerprint density at radius 2 is 2.15 bits per heavy atom. The number of esters is 1. The molecule has 0 amide bonds. The number of hydrogen-bond donors (Lipinski definition) is 1. The van der Waals surface area contributed by atoms with E-state index in [2.05, 4.69) is 6.58 Å². The predicted molar refractivity (Wildman–Crippen MR) is 51.2 cm³/mol. The lowest BCUT2D eigenvalue weighted by Crippen LogP contribution is -2.32. The second-order valence-corrected chi connectivity index (χ2v) is 3.25.